The number of methoxy groups -OCH3 is 1. The lowest BCUT2D eigenvalue weighted by Crippen LogP contribution is -2.34. The highest BCUT2D eigenvalue weighted by Gasteiger charge is 2.37. The molecular weight excluding hydrogens is 286 g/mol. The first-order valence-corrected chi connectivity index (χ1v) is 7.12. The van der Waals surface area contributed by atoms with Crippen molar-refractivity contribution in [2.75, 3.05) is 13.7 Å². The molecule has 118 valence electrons. The molecular formula is C15H19N3O4. The Kier molecular flexibility index (Phi) is 6.21. The molecule has 1 aromatic carbocycles. The first-order valence-electron chi connectivity index (χ1n) is 7.12. The molecule has 1 fully saturated rings. The summed E-state index contributed by atoms with van der Waals surface area (Å²) < 4.78 is 16.0. The molecule has 1 aromatic rings. The number of esters is 1. The zero-order valence-electron chi connectivity index (χ0n) is 12.4. The van der Waals surface area contributed by atoms with Crippen LogP contribution in [0.2, 0.25) is 0 Å². The van der Waals surface area contributed by atoms with Crippen LogP contribution in [0, 0.1) is 0 Å². The highest BCUT2D eigenvalue weighted by atomic mass is 16.6. The quantitative estimate of drug-likeness (QED) is 0.335. The molecule has 0 amide bonds. The fourth-order valence-corrected chi connectivity index (χ4v) is 2.50. The van der Waals surface area contributed by atoms with Crippen LogP contribution in [0.5, 0.6) is 0 Å². The average Bonchev–Trinajstić information content (AvgIpc) is 2.94. The lowest BCUT2D eigenvalue weighted by atomic mass is 10.2. The summed E-state index contributed by atoms with van der Waals surface area (Å²) in [7, 11) is 1.30. The van der Waals surface area contributed by atoms with Crippen molar-refractivity contribution in [3.05, 3.63) is 46.3 Å². The Morgan fingerprint density at radius 3 is 2.77 bits per heavy atom. The van der Waals surface area contributed by atoms with Gasteiger partial charge in [-0.2, -0.15) is 0 Å². The second kappa shape index (κ2) is 8.38. The second-order valence-corrected chi connectivity index (χ2v) is 5.04. The van der Waals surface area contributed by atoms with E-state index in [9.17, 15) is 4.79 Å². The predicted molar refractivity (Wildman–Crippen MR) is 78.9 cm³/mol. The van der Waals surface area contributed by atoms with Gasteiger partial charge >= 0.3 is 5.97 Å². The van der Waals surface area contributed by atoms with Crippen LogP contribution in [0.3, 0.4) is 0 Å². The van der Waals surface area contributed by atoms with Gasteiger partial charge in [-0.3, -0.25) is 0 Å². The molecule has 1 aliphatic rings. The van der Waals surface area contributed by atoms with E-state index in [-0.39, 0.29) is 18.8 Å². The number of hydrogen-bond donors (Lipinski definition) is 0. The minimum Gasteiger partial charge on any atom is -0.467 e. The summed E-state index contributed by atoms with van der Waals surface area (Å²) in [5, 5.41) is 3.74. The molecule has 0 aliphatic heterocycles. The summed E-state index contributed by atoms with van der Waals surface area (Å²) in [6.07, 6.45) is 0.761. The summed E-state index contributed by atoms with van der Waals surface area (Å²) in [4.78, 5) is 14.1. The fraction of sp³-hybridized carbons (Fsp3) is 0.533. The Morgan fingerprint density at radius 2 is 2.09 bits per heavy atom. The molecule has 0 aromatic heterocycles. The van der Waals surface area contributed by atoms with Gasteiger partial charge in [0.1, 0.15) is 6.61 Å². The standard InChI is InChI=1S/C15H19N3O4/c1-20-14(19)10-22-15-12(17-18-16)7-8-13(15)21-9-11-5-3-2-4-6-11/h2-6,12-13,15H,7-10H2,1H3/t12-,13+,15-/m0/s1. The molecule has 3 atom stereocenters. The average molecular weight is 305 g/mol. The maximum Gasteiger partial charge on any atom is 0.331 e. The molecule has 0 heterocycles. The first-order chi connectivity index (χ1) is 10.7. The summed E-state index contributed by atoms with van der Waals surface area (Å²) in [6.45, 7) is 0.274. The van der Waals surface area contributed by atoms with Crippen molar-refractivity contribution >= 4 is 5.97 Å². The molecule has 2 rings (SSSR count). The van der Waals surface area contributed by atoms with E-state index in [0.29, 0.717) is 13.0 Å². The Morgan fingerprint density at radius 1 is 1.32 bits per heavy atom. The third kappa shape index (κ3) is 4.46. The van der Waals surface area contributed by atoms with Gasteiger partial charge in [0.05, 0.1) is 32.0 Å². The smallest absolute Gasteiger partial charge is 0.331 e. The molecule has 7 heteroatoms. The summed E-state index contributed by atoms with van der Waals surface area (Å²) in [6, 6.07) is 9.46. The van der Waals surface area contributed by atoms with E-state index < -0.39 is 12.1 Å². The van der Waals surface area contributed by atoms with Crippen LogP contribution in [-0.4, -0.2) is 37.9 Å². The number of benzene rings is 1. The van der Waals surface area contributed by atoms with E-state index in [1.54, 1.807) is 0 Å². The maximum absolute atomic E-state index is 11.2. The monoisotopic (exact) mass is 305 g/mol. The Bertz CT molecular complexity index is 531. The zero-order valence-corrected chi connectivity index (χ0v) is 12.4. The molecule has 0 saturated heterocycles. The number of carbonyl (C=O) groups is 1. The van der Waals surface area contributed by atoms with Crippen LogP contribution in [0.25, 0.3) is 10.4 Å². The summed E-state index contributed by atoms with van der Waals surface area (Å²) in [5.41, 5.74) is 9.69. The van der Waals surface area contributed by atoms with Crippen LogP contribution < -0.4 is 0 Å². The highest BCUT2D eigenvalue weighted by Crippen LogP contribution is 2.29. The van der Waals surface area contributed by atoms with Gasteiger partial charge in [0.15, 0.2) is 0 Å². The number of azide groups is 1. The van der Waals surface area contributed by atoms with Gasteiger partial charge in [0, 0.05) is 4.91 Å². The van der Waals surface area contributed by atoms with Crippen molar-refractivity contribution in [1.82, 2.24) is 0 Å². The minimum atomic E-state index is -0.464. The van der Waals surface area contributed by atoms with Gasteiger partial charge in [-0.25, -0.2) is 4.79 Å². The van der Waals surface area contributed by atoms with Crippen molar-refractivity contribution in [1.29, 1.82) is 0 Å². The van der Waals surface area contributed by atoms with Gasteiger partial charge in [-0.1, -0.05) is 35.4 Å². The molecule has 0 spiro atoms. The summed E-state index contributed by atoms with van der Waals surface area (Å²) in [5.74, 6) is -0.464. The third-order valence-electron chi connectivity index (χ3n) is 3.62. The van der Waals surface area contributed by atoms with Crippen molar-refractivity contribution < 1.29 is 19.0 Å². The van der Waals surface area contributed by atoms with Crippen molar-refractivity contribution in [2.45, 2.75) is 37.7 Å². The van der Waals surface area contributed by atoms with Crippen LogP contribution >= 0.6 is 0 Å². The van der Waals surface area contributed by atoms with E-state index in [2.05, 4.69) is 14.8 Å². The molecule has 0 N–H and O–H groups in total. The maximum atomic E-state index is 11.2. The zero-order chi connectivity index (χ0) is 15.8. The Labute approximate surface area is 128 Å². The van der Waals surface area contributed by atoms with Crippen molar-refractivity contribution in [3.8, 4) is 0 Å². The van der Waals surface area contributed by atoms with Gasteiger partial charge in [0.25, 0.3) is 0 Å². The lowest BCUT2D eigenvalue weighted by Gasteiger charge is -2.23. The van der Waals surface area contributed by atoms with E-state index in [1.165, 1.54) is 7.11 Å². The number of ether oxygens (including phenoxy) is 3. The largest absolute Gasteiger partial charge is 0.467 e. The SMILES string of the molecule is COC(=O)CO[C@H]1[C@@H](N=[N+]=[N-])CC[C@H]1OCc1ccccc1. The van der Waals surface area contributed by atoms with E-state index in [0.717, 1.165) is 12.0 Å². The number of hydrogen-bond acceptors (Lipinski definition) is 5. The number of rotatable bonds is 7. The second-order valence-electron chi connectivity index (χ2n) is 5.04. The predicted octanol–water partition coefficient (Wildman–Crippen LogP) is 2.60. The normalized spacial score (nSPS) is 23.8. The van der Waals surface area contributed by atoms with Gasteiger partial charge in [-0.05, 0) is 23.9 Å². The summed E-state index contributed by atoms with van der Waals surface area (Å²) >= 11 is 0. The van der Waals surface area contributed by atoms with Crippen LogP contribution in [-0.2, 0) is 25.6 Å². The number of nitrogens with zero attached hydrogens (tertiary/aromatic N) is 3. The minimum absolute atomic E-state index is 0.177. The molecule has 7 nitrogen and oxygen atoms in total. The fourth-order valence-electron chi connectivity index (χ4n) is 2.50. The van der Waals surface area contributed by atoms with Crippen LogP contribution in [0.4, 0.5) is 0 Å². The van der Waals surface area contributed by atoms with E-state index in [4.69, 9.17) is 15.0 Å². The molecule has 0 unspecified atom stereocenters. The highest BCUT2D eigenvalue weighted by molar-refractivity contribution is 5.70. The molecule has 22 heavy (non-hydrogen) atoms. The molecule has 1 aliphatic carbocycles. The molecule has 0 bridgehead atoms. The van der Waals surface area contributed by atoms with Gasteiger partial charge < -0.3 is 14.2 Å². The Hall–Kier alpha value is -2.08. The van der Waals surface area contributed by atoms with Gasteiger partial charge in [0.2, 0.25) is 0 Å². The third-order valence-corrected chi connectivity index (χ3v) is 3.62. The molecule has 0 radical (unpaired) electrons. The lowest BCUT2D eigenvalue weighted by molar-refractivity contribution is -0.151. The van der Waals surface area contributed by atoms with Crippen LogP contribution in [0.15, 0.2) is 35.4 Å². The van der Waals surface area contributed by atoms with Gasteiger partial charge in [-0.15, -0.1) is 0 Å². The van der Waals surface area contributed by atoms with E-state index >= 15 is 0 Å². The number of carbonyl (C=O) groups excluding carboxylic acids is 1. The topological polar surface area (TPSA) is 93.5 Å². The van der Waals surface area contributed by atoms with E-state index in [1.807, 2.05) is 30.3 Å². The van der Waals surface area contributed by atoms with Crippen molar-refractivity contribution in [2.24, 2.45) is 5.11 Å². The molecule has 1 saturated carbocycles. The van der Waals surface area contributed by atoms with Crippen molar-refractivity contribution in [3.63, 3.8) is 0 Å². The first kappa shape index (κ1) is 16.3. The Balaban J connectivity index is 1.95. The van der Waals surface area contributed by atoms with Crippen LogP contribution in [0.1, 0.15) is 18.4 Å².